The maximum absolute atomic E-state index is 5.45. The summed E-state index contributed by atoms with van der Waals surface area (Å²) in [5.74, 6) is 1.39. The number of fused-ring (bicyclic) bond motifs is 2. The Labute approximate surface area is 169 Å². The molecular formula is C21H25N7O. The average molecular weight is 391 g/mol. The molecule has 0 amide bonds. The molecule has 0 saturated heterocycles. The average Bonchev–Trinajstić information content (AvgIpc) is 3.37. The third-order valence-electron chi connectivity index (χ3n) is 5.87. The van der Waals surface area contributed by atoms with Crippen LogP contribution in [-0.2, 0) is 11.2 Å². The highest BCUT2D eigenvalue weighted by Gasteiger charge is 2.21. The first kappa shape index (κ1) is 18.1. The number of methoxy groups -OCH3 is 1. The van der Waals surface area contributed by atoms with Gasteiger partial charge in [-0.25, -0.2) is 19.5 Å². The molecule has 150 valence electrons. The van der Waals surface area contributed by atoms with Gasteiger partial charge in [0, 0.05) is 48.6 Å². The van der Waals surface area contributed by atoms with Crippen LogP contribution in [0.5, 0.6) is 0 Å². The summed E-state index contributed by atoms with van der Waals surface area (Å²) in [5, 5.41) is 8.14. The van der Waals surface area contributed by atoms with Crippen molar-refractivity contribution >= 4 is 17.2 Å². The fraction of sp³-hybridized carbons (Fsp3) is 0.429. The van der Waals surface area contributed by atoms with Crippen LogP contribution < -0.4 is 5.32 Å². The fourth-order valence-corrected chi connectivity index (χ4v) is 4.16. The molecule has 0 bridgehead atoms. The molecule has 1 aliphatic rings. The molecule has 29 heavy (non-hydrogen) atoms. The lowest BCUT2D eigenvalue weighted by molar-refractivity contribution is 0.0681. The fourth-order valence-electron chi connectivity index (χ4n) is 4.16. The molecule has 8 nitrogen and oxygen atoms in total. The molecule has 8 heteroatoms. The second-order valence-electron chi connectivity index (χ2n) is 7.61. The lowest BCUT2D eigenvalue weighted by atomic mass is 9.93. The number of ether oxygens (including phenoxy) is 1. The van der Waals surface area contributed by atoms with Crippen LogP contribution in [0.2, 0.25) is 0 Å². The minimum atomic E-state index is 0.387. The van der Waals surface area contributed by atoms with E-state index >= 15 is 0 Å². The Balaban J connectivity index is 1.41. The maximum atomic E-state index is 5.45. The third-order valence-corrected chi connectivity index (χ3v) is 5.87. The van der Waals surface area contributed by atoms with E-state index in [9.17, 15) is 0 Å². The van der Waals surface area contributed by atoms with Gasteiger partial charge in [-0.15, -0.1) is 5.10 Å². The Morgan fingerprint density at radius 1 is 1.10 bits per heavy atom. The second kappa shape index (κ2) is 7.44. The molecule has 0 aliphatic heterocycles. The van der Waals surface area contributed by atoms with E-state index in [0.717, 1.165) is 60.2 Å². The van der Waals surface area contributed by atoms with Crippen molar-refractivity contribution in [3.8, 4) is 11.1 Å². The molecule has 1 N–H and O–H groups in total. The first-order valence-electron chi connectivity index (χ1n) is 10.2. The van der Waals surface area contributed by atoms with Crippen LogP contribution in [0.15, 0.2) is 37.1 Å². The number of aryl methyl sites for hydroxylation is 1. The van der Waals surface area contributed by atoms with E-state index in [4.69, 9.17) is 4.74 Å². The highest BCUT2D eigenvalue weighted by molar-refractivity contribution is 5.79. The molecule has 0 atom stereocenters. The van der Waals surface area contributed by atoms with Crippen molar-refractivity contribution in [2.75, 3.05) is 12.4 Å². The quantitative estimate of drug-likeness (QED) is 0.562. The van der Waals surface area contributed by atoms with Gasteiger partial charge in [-0.2, -0.15) is 0 Å². The zero-order valence-corrected chi connectivity index (χ0v) is 16.7. The first-order chi connectivity index (χ1) is 14.2. The van der Waals surface area contributed by atoms with Gasteiger partial charge < -0.3 is 10.1 Å². The molecule has 1 saturated carbocycles. The molecule has 5 rings (SSSR count). The Kier molecular flexibility index (Phi) is 4.63. The Morgan fingerprint density at radius 3 is 2.72 bits per heavy atom. The van der Waals surface area contributed by atoms with Gasteiger partial charge in [0.05, 0.1) is 24.0 Å². The standard InChI is InChI=1S/C21H25N7O/c1-3-16-11-24-21-23-10-14(13-27(16)21)18-8-9-28-19(18)12-22-20(26-28)25-15-4-6-17(29-2)7-5-15/h8-13,15,17H,3-7H2,1-2H3,(H,25,26)/t15-,17-. The van der Waals surface area contributed by atoms with Crippen molar-refractivity contribution in [3.05, 3.63) is 42.7 Å². The molecule has 4 heterocycles. The van der Waals surface area contributed by atoms with Crippen molar-refractivity contribution in [1.82, 2.24) is 29.0 Å². The summed E-state index contributed by atoms with van der Waals surface area (Å²) in [6, 6.07) is 2.46. The van der Waals surface area contributed by atoms with Crippen LogP contribution in [0.4, 0.5) is 5.95 Å². The normalized spacial score (nSPS) is 19.8. The van der Waals surface area contributed by atoms with Crippen LogP contribution >= 0.6 is 0 Å². The number of hydrogen-bond donors (Lipinski definition) is 1. The smallest absolute Gasteiger partial charge is 0.241 e. The largest absolute Gasteiger partial charge is 0.381 e. The number of aromatic nitrogens is 6. The van der Waals surface area contributed by atoms with Crippen molar-refractivity contribution in [3.63, 3.8) is 0 Å². The molecule has 0 unspecified atom stereocenters. The summed E-state index contributed by atoms with van der Waals surface area (Å²) >= 11 is 0. The molecular weight excluding hydrogens is 366 g/mol. The summed E-state index contributed by atoms with van der Waals surface area (Å²) in [6.07, 6.45) is 15.3. The van der Waals surface area contributed by atoms with E-state index in [1.807, 2.05) is 33.7 Å². The minimum Gasteiger partial charge on any atom is -0.381 e. The molecule has 4 aromatic rings. The van der Waals surface area contributed by atoms with Gasteiger partial charge in [0.15, 0.2) is 0 Å². The van der Waals surface area contributed by atoms with Crippen LogP contribution in [0.25, 0.3) is 22.4 Å². The van der Waals surface area contributed by atoms with Crippen molar-refractivity contribution in [2.24, 2.45) is 0 Å². The first-order valence-corrected chi connectivity index (χ1v) is 10.2. The van der Waals surface area contributed by atoms with E-state index in [-0.39, 0.29) is 0 Å². The lowest BCUT2D eigenvalue weighted by Crippen LogP contribution is -2.30. The van der Waals surface area contributed by atoms with Gasteiger partial charge in [-0.3, -0.25) is 4.40 Å². The molecule has 0 radical (unpaired) electrons. The van der Waals surface area contributed by atoms with Gasteiger partial charge in [0.25, 0.3) is 0 Å². The van der Waals surface area contributed by atoms with E-state index in [0.29, 0.717) is 18.1 Å². The monoisotopic (exact) mass is 391 g/mol. The second-order valence-corrected chi connectivity index (χ2v) is 7.61. The van der Waals surface area contributed by atoms with E-state index in [2.05, 4.69) is 44.6 Å². The molecule has 0 aromatic carbocycles. The predicted octanol–water partition coefficient (Wildman–Crippen LogP) is 3.37. The highest BCUT2D eigenvalue weighted by atomic mass is 16.5. The van der Waals surface area contributed by atoms with Gasteiger partial charge in [0.2, 0.25) is 11.7 Å². The number of imidazole rings is 1. The lowest BCUT2D eigenvalue weighted by Gasteiger charge is -2.28. The number of anilines is 1. The van der Waals surface area contributed by atoms with E-state index in [1.165, 1.54) is 0 Å². The molecule has 1 fully saturated rings. The molecule has 4 aromatic heterocycles. The van der Waals surface area contributed by atoms with Crippen LogP contribution in [0, 0.1) is 0 Å². The predicted molar refractivity (Wildman–Crippen MR) is 111 cm³/mol. The van der Waals surface area contributed by atoms with E-state index in [1.54, 1.807) is 7.11 Å². The Bertz CT molecular complexity index is 1140. The number of nitrogens with zero attached hydrogens (tertiary/aromatic N) is 6. The molecule has 0 spiro atoms. The highest BCUT2D eigenvalue weighted by Crippen LogP contribution is 2.26. The van der Waals surface area contributed by atoms with Crippen molar-refractivity contribution < 1.29 is 4.74 Å². The summed E-state index contributed by atoms with van der Waals surface area (Å²) in [4.78, 5) is 13.4. The zero-order chi connectivity index (χ0) is 19.8. The van der Waals surface area contributed by atoms with Crippen LogP contribution in [-0.4, -0.2) is 48.2 Å². The summed E-state index contributed by atoms with van der Waals surface area (Å²) in [7, 11) is 1.79. The minimum absolute atomic E-state index is 0.387. The van der Waals surface area contributed by atoms with E-state index < -0.39 is 0 Å². The summed E-state index contributed by atoms with van der Waals surface area (Å²) in [5.41, 5.74) is 4.18. The Hall–Kier alpha value is -3.00. The number of rotatable bonds is 5. The van der Waals surface area contributed by atoms with Crippen LogP contribution in [0.3, 0.4) is 0 Å². The van der Waals surface area contributed by atoms with Gasteiger partial charge in [0.1, 0.15) is 0 Å². The van der Waals surface area contributed by atoms with Gasteiger partial charge in [-0.05, 0) is 38.2 Å². The summed E-state index contributed by atoms with van der Waals surface area (Å²) < 4.78 is 9.38. The number of hydrogen-bond acceptors (Lipinski definition) is 6. The topological polar surface area (TPSA) is 81.6 Å². The summed E-state index contributed by atoms with van der Waals surface area (Å²) in [6.45, 7) is 2.12. The zero-order valence-electron chi connectivity index (χ0n) is 16.7. The van der Waals surface area contributed by atoms with Crippen molar-refractivity contribution in [2.45, 2.75) is 51.2 Å². The Morgan fingerprint density at radius 2 is 1.93 bits per heavy atom. The maximum Gasteiger partial charge on any atom is 0.241 e. The van der Waals surface area contributed by atoms with Gasteiger partial charge >= 0.3 is 0 Å². The van der Waals surface area contributed by atoms with Crippen LogP contribution in [0.1, 0.15) is 38.3 Å². The SMILES string of the molecule is CCc1cnc2ncc(-c3ccn4nc(N[C@H]5CC[C@H](OC)CC5)ncc34)cn12. The van der Waals surface area contributed by atoms with Gasteiger partial charge in [-0.1, -0.05) is 6.92 Å². The molecule has 1 aliphatic carbocycles. The number of nitrogens with one attached hydrogen (secondary N) is 1. The van der Waals surface area contributed by atoms with Crippen molar-refractivity contribution in [1.29, 1.82) is 0 Å². The third kappa shape index (κ3) is 3.33.